The summed E-state index contributed by atoms with van der Waals surface area (Å²) in [7, 11) is 0. The van der Waals surface area contributed by atoms with Gasteiger partial charge in [-0.3, -0.25) is 0 Å². The molecule has 4 heteroatoms. The van der Waals surface area contributed by atoms with Crippen LogP contribution in [0.5, 0.6) is 5.75 Å². The Bertz CT molecular complexity index is 645. The van der Waals surface area contributed by atoms with Crippen molar-refractivity contribution in [2.45, 2.75) is 32.8 Å². The van der Waals surface area contributed by atoms with Gasteiger partial charge in [-0.1, -0.05) is 15.9 Å². The smallest absolute Gasteiger partial charge is 0.125 e. The molecule has 2 aromatic rings. The highest BCUT2D eigenvalue weighted by atomic mass is 79.9. The molecule has 0 bridgehead atoms. The molecule has 0 spiro atoms. The number of aliphatic hydroxyl groups is 1. The number of aryl methyl sites for hydroxylation is 2. The molecule has 3 nitrogen and oxygen atoms in total. The number of benzene rings is 1. The van der Waals surface area contributed by atoms with E-state index in [2.05, 4.69) is 22.0 Å². The predicted molar refractivity (Wildman–Crippen MR) is 80.2 cm³/mol. The van der Waals surface area contributed by atoms with Gasteiger partial charge in [0.2, 0.25) is 0 Å². The molecule has 106 valence electrons. The minimum atomic E-state index is -0.574. The number of aliphatic hydroxyl groups excluding tert-OH is 1. The maximum absolute atomic E-state index is 10.5. The van der Waals surface area contributed by atoms with Gasteiger partial charge in [-0.05, 0) is 43.2 Å². The van der Waals surface area contributed by atoms with Gasteiger partial charge in [0.25, 0.3) is 0 Å². The third-order valence-corrected chi connectivity index (χ3v) is 4.13. The van der Waals surface area contributed by atoms with Crippen LogP contribution < -0.4 is 4.74 Å². The van der Waals surface area contributed by atoms with Crippen LogP contribution >= 0.6 is 15.9 Å². The lowest BCUT2D eigenvalue weighted by Crippen LogP contribution is -2.03. The van der Waals surface area contributed by atoms with Gasteiger partial charge >= 0.3 is 0 Å². The maximum Gasteiger partial charge on any atom is 0.125 e. The van der Waals surface area contributed by atoms with E-state index in [1.165, 1.54) is 5.56 Å². The van der Waals surface area contributed by atoms with Crippen molar-refractivity contribution in [1.82, 2.24) is 0 Å². The van der Waals surface area contributed by atoms with Crippen molar-refractivity contribution in [3.8, 4) is 5.75 Å². The number of hydrogen-bond acceptors (Lipinski definition) is 3. The summed E-state index contributed by atoms with van der Waals surface area (Å²) in [6.45, 7) is 4.50. The first-order valence-electron chi connectivity index (χ1n) is 6.73. The van der Waals surface area contributed by atoms with Crippen molar-refractivity contribution < 1.29 is 14.3 Å². The Morgan fingerprint density at radius 3 is 2.80 bits per heavy atom. The van der Waals surface area contributed by atoms with E-state index < -0.39 is 6.10 Å². The first kappa shape index (κ1) is 13.7. The molecule has 0 saturated heterocycles. The molecule has 1 aromatic carbocycles. The molecule has 3 rings (SSSR count). The molecule has 1 aliphatic rings. The normalized spacial score (nSPS) is 15.0. The maximum atomic E-state index is 10.5. The summed E-state index contributed by atoms with van der Waals surface area (Å²) in [5.41, 5.74) is 3.11. The van der Waals surface area contributed by atoms with E-state index in [1.807, 2.05) is 26.0 Å². The van der Waals surface area contributed by atoms with Crippen molar-refractivity contribution in [2.24, 2.45) is 0 Å². The monoisotopic (exact) mass is 336 g/mol. The quantitative estimate of drug-likeness (QED) is 0.925. The zero-order valence-electron chi connectivity index (χ0n) is 11.6. The second kappa shape index (κ2) is 5.26. The first-order valence-corrected chi connectivity index (χ1v) is 7.53. The summed E-state index contributed by atoms with van der Waals surface area (Å²) in [5, 5.41) is 10.5. The summed E-state index contributed by atoms with van der Waals surface area (Å²) in [4.78, 5) is 0. The number of hydrogen-bond donors (Lipinski definition) is 1. The Morgan fingerprint density at radius 1 is 1.30 bits per heavy atom. The SMILES string of the molecule is Cc1cc(C(O)Cc2cc(Br)cc3c2OCC3)c(C)o1. The van der Waals surface area contributed by atoms with Crippen molar-refractivity contribution in [2.75, 3.05) is 6.61 Å². The molecule has 0 fully saturated rings. The van der Waals surface area contributed by atoms with E-state index in [9.17, 15) is 5.11 Å². The van der Waals surface area contributed by atoms with Crippen molar-refractivity contribution in [3.05, 3.63) is 50.9 Å². The van der Waals surface area contributed by atoms with Gasteiger partial charge in [0, 0.05) is 22.9 Å². The van der Waals surface area contributed by atoms with Gasteiger partial charge < -0.3 is 14.3 Å². The number of ether oxygens (including phenoxy) is 1. The Hall–Kier alpha value is -1.26. The molecule has 2 heterocycles. The van der Waals surface area contributed by atoms with Gasteiger partial charge in [-0.25, -0.2) is 0 Å². The molecule has 20 heavy (non-hydrogen) atoms. The number of fused-ring (bicyclic) bond motifs is 1. The highest BCUT2D eigenvalue weighted by molar-refractivity contribution is 9.10. The Kier molecular flexibility index (Phi) is 3.61. The van der Waals surface area contributed by atoms with Crippen LogP contribution in [0.4, 0.5) is 0 Å². The van der Waals surface area contributed by atoms with Gasteiger partial charge in [0.05, 0.1) is 12.7 Å². The summed E-state index contributed by atoms with van der Waals surface area (Å²) in [6.07, 6.45) is 0.888. The van der Waals surface area contributed by atoms with Crippen LogP contribution in [-0.4, -0.2) is 11.7 Å². The second-order valence-electron chi connectivity index (χ2n) is 5.24. The predicted octanol–water partition coefficient (Wildman–Crippen LogP) is 3.87. The van der Waals surface area contributed by atoms with Crippen LogP contribution in [0.3, 0.4) is 0 Å². The van der Waals surface area contributed by atoms with Crippen LogP contribution in [0.1, 0.15) is 34.3 Å². The molecule has 1 atom stereocenters. The minimum Gasteiger partial charge on any atom is -0.493 e. The zero-order chi connectivity index (χ0) is 14.3. The van der Waals surface area contributed by atoms with Crippen LogP contribution in [0.15, 0.2) is 27.1 Å². The molecule has 1 N–H and O–H groups in total. The van der Waals surface area contributed by atoms with E-state index in [0.29, 0.717) is 6.42 Å². The lowest BCUT2D eigenvalue weighted by molar-refractivity contribution is 0.175. The number of rotatable bonds is 3. The Labute approximate surface area is 126 Å². The largest absolute Gasteiger partial charge is 0.493 e. The fourth-order valence-corrected chi connectivity index (χ4v) is 3.35. The zero-order valence-corrected chi connectivity index (χ0v) is 13.2. The third-order valence-electron chi connectivity index (χ3n) is 3.68. The number of furan rings is 1. The van der Waals surface area contributed by atoms with Gasteiger partial charge in [0.1, 0.15) is 17.3 Å². The third kappa shape index (κ3) is 2.50. The summed E-state index contributed by atoms with van der Waals surface area (Å²) in [5.74, 6) is 2.54. The summed E-state index contributed by atoms with van der Waals surface area (Å²) in [6, 6.07) is 6.01. The molecule has 0 amide bonds. The van der Waals surface area contributed by atoms with E-state index in [0.717, 1.165) is 45.9 Å². The Balaban J connectivity index is 1.90. The van der Waals surface area contributed by atoms with Crippen molar-refractivity contribution >= 4 is 15.9 Å². The first-order chi connectivity index (χ1) is 9.54. The molecule has 1 unspecified atom stereocenters. The van der Waals surface area contributed by atoms with E-state index in [1.54, 1.807) is 0 Å². The van der Waals surface area contributed by atoms with Gasteiger partial charge in [-0.2, -0.15) is 0 Å². The van der Waals surface area contributed by atoms with Crippen LogP contribution in [0.25, 0.3) is 0 Å². The minimum absolute atomic E-state index is 0.529. The standard InChI is InChI=1S/C16H17BrO3/c1-9-5-14(10(2)20-9)15(18)8-12-7-13(17)6-11-3-4-19-16(11)12/h5-7,15,18H,3-4,8H2,1-2H3. The van der Waals surface area contributed by atoms with Crippen LogP contribution in [-0.2, 0) is 12.8 Å². The lowest BCUT2D eigenvalue weighted by Gasteiger charge is -2.13. The average Bonchev–Trinajstić information content (AvgIpc) is 2.95. The fraction of sp³-hybridized carbons (Fsp3) is 0.375. The molecule has 1 aliphatic heterocycles. The fourth-order valence-electron chi connectivity index (χ4n) is 2.80. The van der Waals surface area contributed by atoms with Gasteiger partial charge in [-0.15, -0.1) is 0 Å². The van der Waals surface area contributed by atoms with Crippen LogP contribution in [0, 0.1) is 13.8 Å². The van der Waals surface area contributed by atoms with E-state index in [4.69, 9.17) is 9.15 Å². The number of halogens is 1. The highest BCUT2D eigenvalue weighted by Gasteiger charge is 2.21. The average molecular weight is 337 g/mol. The highest BCUT2D eigenvalue weighted by Crippen LogP contribution is 2.36. The van der Waals surface area contributed by atoms with Crippen molar-refractivity contribution in [3.63, 3.8) is 0 Å². The van der Waals surface area contributed by atoms with E-state index >= 15 is 0 Å². The Morgan fingerprint density at radius 2 is 2.10 bits per heavy atom. The summed E-state index contributed by atoms with van der Waals surface area (Å²) < 4.78 is 12.2. The summed E-state index contributed by atoms with van der Waals surface area (Å²) >= 11 is 3.52. The molecule has 1 aromatic heterocycles. The second-order valence-corrected chi connectivity index (χ2v) is 6.16. The molecule has 0 radical (unpaired) electrons. The molecule has 0 saturated carbocycles. The topological polar surface area (TPSA) is 42.6 Å². The molecular formula is C16H17BrO3. The molecule has 0 aliphatic carbocycles. The van der Waals surface area contributed by atoms with Crippen LogP contribution in [0.2, 0.25) is 0 Å². The van der Waals surface area contributed by atoms with Crippen molar-refractivity contribution in [1.29, 1.82) is 0 Å². The van der Waals surface area contributed by atoms with Gasteiger partial charge in [0.15, 0.2) is 0 Å². The molecular weight excluding hydrogens is 320 g/mol. The van der Waals surface area contributed by atoms with E-state index in [-0.39, 0.29) is 0 Å². The lowest BCUT2D eigenvalue weighted by atomic mass is 9.99.